The number of nitro benzene ring substituents is 1. The molecule has 2 aromatic carbocycles. The second-order valence-electron chi connectivity index (χ2n) is 4.91. The van der Waals surface area contributed by atoms with Gasteiger partial charge in [0.05, 0.1) is 4.92 Å². The molecule has 0 aliphatic rings. The lowest BCUT2D eigenvalue weighted by Crippen LogP contribution is -2.10. The standard InChI is InChI=1S/C16H12N2O4/c1-10-3-2-4-12(7-10)17-16(19)15-9-11-8-13(18(20)21)5-6-14(11)22-15/h2-9H,1H3,(H,17,19). The molecule has 0 fully saturated rings. The van der Waals surface area contributed by atoms with Gasteiger partial charge >= 0.3 is 0 Å². The molecule has 0 aliphatic carbocycles. The molecule has 3 aromatic rings. The lowest BCUT2D eigenvalue weighted by Gasteiger charge is -2.03. The molecule has 1 aromatic heterocycles. The maximum absolute atomic E-state index is 12.2. The summed E-state index contributed by atoms with van der Waals surface area (Å²) in [4.78, 5) is 22.4. The fourth-order valence-corrected chi connectivity index (χ4v) is 2.17. The van der Waals surface area contributed by atoms with Crippen molar-refractivity contribution in [1.29, 1.82) is 0 Å². The quantitative estimate of drug-likeness (QED) is 0.586. The smallest absolute Gasteiger partial charge is 0.291 e. The second kappa shape index (κ2) is 5.33. The molecule has 3 rings (SSSR count). The molecule has 110 valence electrons. The molecule has 6 heteroatoms. The van der Waals surface area contributed by atoms with Gasteiger partial charge in [-0.25, -0.2) is 0 Å². The van der Waals surface area contributed by atoms with Gasteiger partial charge < -0.3 is 9.73 Å². The van der Waals surface area contributed by atoms with Crippen molar-refractivity contribution in [2.45, 2.75) is 6.92 Å². The summed E-state index contributed by atoms with van der Waals surface area (Å²) >= 11 is 0. The van der Waals surface area contributed by atoms with Gasteiger partial charge in [-0.15, -0.1) is 0 Å². The minimum absolute atomic E-state index is 0.0426. The number of nitrogens with one attached hydrogen (secondary N) is 1. The molecule has 22 heavy (non-hydrogen) atoms. The number of benzene rings is 2. The first-order valence-corrected chi connectivity index (χ1v) is 6.59. The Kier molecular flexibility index (Phi) is 3.34. The first kappa shape index (κ1) is 13.8. The van der Waals surface area contributed by atoms with E-state index in [9.17, 15) is 14.9 Å². The van der Waals surface area contributed by atoms with E-state index in [-0.39, 0.29) is 11.4 Å². The monoisotopic (exact) mass is 296 g/mol. The summed E-state index contributed by atoms with van der Waals surface area (Å²) < 4.78 is 5.43. The van der Waals surface area contributed by atoms with Crippen molar-refractivity contribution >= 4 is 28.3 Å². The third-order valence-corrected chi connectivity index (χ3v) is 3.21. The first-order valence-electron chi connectivity index (χ1n) is 6.59. The number of amides is 1. The number of hydrogen-bond donors (Lipinski definition) is 1. The Balaban J connectivity index is 1.89. The fraction of sp³-hybridized carbons (Fsp3) is 0.0625. The summed E-state index contributed by atoms with van der Waals surface area (Å²) in [5.74, 6) is -0.290. The number of anilines is 1. The molecule has 6 nitrogen and oxygen atoms in total. The van der Waals surface area contributed by atoms with Crippen molar-refractivity contribution in [3.05, 3.63) is 70.0 Å². The van der Waals surface area contributed by atoms with Crippen LogP contribution in [0, 0.1) is 17.0 Å². The van der Waals surface area contributed by atoms with Gasteiger partial charge in [0.2, 0.25) is 0 Å². The maximum atomic E-state index is 12.2. The Morgan fingerprint density at radius 3 is 2.73 bits per heavy atom. The van der Waals surface area contributed by atoms with Crippen LogP contribution in [0.25, 0.3) is 11.0 Å². The molecule has 0 saturated heterocycles. The molecule has 0 aliphatic heterocycles. The molecule has 0 unspecified atom stereocenters. The van der Waals surface area contributed by atoms with Crippen molar-refractivity contribution < 1.29 is 14.1 Å². The van der Waals surface area contributed by atoms with Crippen LogP contribution in [0.15, 0.2) is 52.9 Å². The normalized spacial score (nSPS) is 10.6. The van der Waals surface area contributed by atoms with Gasteiger partial charge in [-0.3, -0.25) is 14.9 Å². The number of non-ortho nitro benzene ring substituents is 1. The zero-order valence-electron chi connectivity index (χ0n) is 11.7. The van der Waals surface area contributed by atoms with Crippen LogP contribution in [0.1, 0.15) is 16.1 Å². The molecule has 0 bridgehead atoms. The molecule has 0 atom stereocenters. The lowest BCUT2D eigenvalue weighted by molar-refractivity contribution is -0.384. The van der Waals surface area contributed by atoms with Crippen LogP contribution in [0.3, 0.4) is 0 Å². The number of nitro groups is 1. The highest BCUT2D eigenvalue weighted by molar-refractivity contribution is 6.04. The predicted molar refractivity (Wildman–Crippen MR) is 82.0 cm³/mol. The third kappa shape index (κ3) is 2.67. The molecule has 1 N–H and O–H groups in total. The Morgan fingerprint density at radius 2 is 2.00 bits per heavy atom. The highest BCUT2D eigenvalue weighted by Gasteiger charge is 2.15. The number of rotatable bonds is 3. The van der Waals surface area contributed by atoms with Crippen LogP contribution < -0.4 is 5.32 Å². The molecule has 0 saturated carbocycles. The van der Waals surface area contributed by atoms with Crippen LogP contribution in [0.4, 0.5) is 11.4 Å². The van der Waals surface area contributed by atoms with Gasteiger partial charge in [0.25, 0.3) is 11.6 Å². The minimum atomic E-state index is -0.487. The van der Waals surface area contributed by atoms with Crippen molar-refractivity contribution in [3.63, 3.8) is 0 Å². The summed E-state index contributed by atoms with van der Waals surface area (Å²) in [6.07, 6.45) is 0. The highest BCUT2D eigenvalue weighted by atomic mass is 16.6. The van der Waals surface area contributed by atoms with Crippen molar-refractivity contribution in [1.82, 2.24) is 0 Å². The van der Waals surface area contributed by atoms with Crippen LogP contribution in [0.5, 0.6) is 0 Å². The number of nitrogens with zero attached hydrogens (tertiary/aromatic N) is 1. The van der Waals surface area contributed by atoms with E-state index in [2.05, 4.69) is 5.32 Å². The van der Waals surface area contributed by atoms with Gasteiger partial charge in [-0.1, -0.05) is 12.1 Å². The molecule has 0 spiro atoms. The van der Waals surface area contributed by atoms with Crippen LogP contribution in [-0.4, -0.2) is 10.8 Å². The van der Waals surface area contributed by atoms with E-state index in [4.69, 9.17) is 4.42 Å². The van der Waals surface area contributed by atoms with Crippen LogP contribution in [0.2, 0.25) is 0 Å². The summed E-state index contributed by atoms with van der Waals surface area (Å²) in [6, 6.07) is 13.1. The van der Waals surface area contributed by atoms with Crippen LogP contribution in [-0.2, 0) is 0 Å². The van der Waals surface area contributed by atoms with Gasteiger partial charge in [-0.2, -0.15) is 0 Å². The minimum Gasteiger partial charge on any atom is -0.451 e. The molecule has 1 amide bonds. The van der Waals surface area contributed by atoms with E-state index >= 15 is 0 Å². The van der Waals surface area contributed by atoms with Gasteiger partial charge in [-0.05, 0) is 36.8 Å². The van der Waals surface area contributed by atoms with Gasteiger partial charge in [0.1, 0.15) is 5.58 Å². The average molecular weight is 296 g/mol. The number of fused-ring (bicyclic) bond motifs is 1. The number of carbonyl (C=O) groups excluding carboxylic acids is 1. The zero-order chi connectivity index (χ0) is 15.7. The number of carbonyl (C=O) groups is 1. The van der Waals surface area contributed by atoms with E-state index in [0.29, 0.717) is 16.7 Å². The van der Waals surface area contributed by atoms with E-state index in [1.54, 1.807) is 6.07 Å². The summed E-state index contributed by atoms with van der Waals surface area (Å²) in [5.41, 5.74) is 2.08. The van der Waals surface area contributed by atoms with Gasteiger partial charge in [0.15, 0.2) is 5.76 Å². The Bertz CT molecular complexity index is 883. The third-order valence-electron chi connectivity index (χ3n) is 3.21. The number of aryl methyl sites for hydroxylation is 1. The molecule has 1 heterocycles. The van der Waals surface area contributed by atoms with Crippen LogP contribution >= 0.6 is 0 Å². The topological polar surface area (TPSA) is 85.4 Å². The largest absolute Gasteiger partial charge is 0.451 e. The van der Waals surface area contributed by atoms with E-state index < -0.39 is 10.8 Å². The Morgan fingerprint density at radius 1 is 1.18 bits per heavy atom. The predicted octanol–water partition coefficient (Wildman–Crippen LogP) is 3.90. The van der Waals surface area contributed by atoms with E-state index in [1.165, 1.54) is 24.3 Å². The van der Waals surface area contributed by atoms with Crippen molar-refractivity contribution in [3.8, 4) is 0 Å². The summed E-state index contributed by atoms with van der Waals surface area (Å²) in [5, 5.41) is 14.0. The number of furan rings is 1. The SMILES string of the molecule is Cc1cccc(NC(=O)c2cc3cc([N+](=O)[O-])ccc3o2)c1. The first-order chi connectivity index (χ1) is 10.5. The van der Waals surface area contributed by atoms with Gasteiger partial charge in [0, 0.05) is 23.2 Å². The summed E-state index contributed by atoms with van der Waals surface area (Å²) in [7, 11) is 0. The van der Waals surface area contributed by atoms with E-state index in [1.807, 2.05) is 25.1 Å². The number of hydrogen-bond acceptors (Lipinski definition) is 4. The molecular formula is C16H12N2O4. The Hall–Kier alpha value is -3.15. The van der Waals surface area contributed by atoms with Crippen molar-refractivity contribution in [2.75, 3.05) is 5.32 Å². The Labute approximate surface area is 125 Å². The molecule has 0 radical (unpaired) electrons. The zero-order valence-corrected chi connectivity index (χ0v) is 11.7. The highest BCUT2D eigenvalue weighted by Crippen LogP contribution is 2.24. The van der Waals surface area contributed by atoms with E-state index in [0.717, 1.165) is 5.56 Å². The fourth-order valence-electron chi connectivity index (χ4n) is 2.17. The maximum Gasteiger partial charge on any atom is 0.291 e. The average Bonchev–Trinajstić information content (AvgIpc) is 2.90. The molecular weight excluding hydrogens is 284 g/mol. The second-order valence-corrected chi connectivity index (χ2v) is 4.91. The van der Waals surface area contributed by atoms with Crippen molar-refractivity contribution in [2.24, 2.45) is 0 Å². The summed E-state index contributed by atoms with van der Waals surface area (Å²) in [6.45, 7) is 1.93. The lowest BCUT2D eigenvalue weighted by atomic mass is 10.2.